The van der Waals surface area contributed by atoms with E-state index in [1.807, 2.05) is 12.1 Å². The third kappa shape index (κ3) is 5.04. The first kappa shape index (κ1) is 15.7. The maximum Gasteiger partial charge on any atom is 0.0900 e. The molecule has 0 spiro atoms. The van der Waals surface area contributed by atoms with E-state index in [0.29, 0.717) is 13.2 Å². The van der Waals surface area contributed by atoms with E-state index in [1.54, 1.807) is 7.11 Å². The SMILES string of the molecule is COCC(O)CN1CCN(Cc2ccc(Cl)cc2)CC1. The van der Waals surface area contributed by atoms with Gasteiger partial charge in [-0.2, -0.15) is 0 Å². The summed E-state index contributed by atoms with van der Waals surface area (Å²) >= 11 is 5.89. The minimum absolute atomic E-state index is 0.386. The predicted octanol–water partition coefficient (Wildman–Crippen LogP) is 1.46. The standard InChI is InChI=1S/C15H23ClN2O2/c1-20-12-15(19)11-18-8-6-17(7-9-18)10-13-2-4-14(16)5-3-13/h2-5,15,19H,6-12H2,1H3. The zero-order valence-corrected chi connectivity index (χ0v) is 12.7. The molecule has 0 aromatic heterocycles. The molecule has 1 aromatic rings. The third-order valence-corrected chi connectivity index (χ3v) is 3.86. The summed E-state index contributed by atoms with van der Waals surface area (Å²) in [5, 5.41) is 10.5. The van der Waals surface area contributed by atoms with Gasteiger partial charge >= 0.3 is 0 Å². The lowest BCUT2D eigenvalue weighted by Gasteiger charge is -2.35. The number of aliphatic hydroxyl groups is 1. The van der Waals surface area contributed by atoms with Gasteiger partial charge in [0.05, 0.1) is 12.7 Å². The number of rotatable bonds is 6. The third-order valence-electron chi connectivity index (χ3n) is 3.61. The van der Waals surface area contributed by atoms with Crippen LogP contribution in [0.4, 0.5) is 0 Å². The van der Waals surface area contributed by atoms with Crippen LogP contribution in [-0.4, -0.2) is 67.5 Å². The molecule has 5 heteroatoms. The number of ether oxygens (including phenoxy) is 1. The molecule has 20 heavy (non-hydrogen) atoms. The summed E-state index contributed by atoms with van der Waals surface area (Å²) < 4.78 is 4.96. The van der Waals surface area contributed by atoms with Gasteiger partial charge in [0, 0.05) is 51.4 Å². The second-order valence-corrected chi connectivity index (χ2v) is 5.75. The molecule has 0 aliphatic carbocycles. The lowest BCUT2D eigenvalue weighted by molar-refractivity contribution is 0.0230. The molecule has 1 saturated heterocycles. The van der Waals surface area contributed by atoms with Crippen LogP contribution in [0.25, 0.3) is 0 Å². The highest BCUT2D eigenvalue weighted by molar-refractivity contribution is 6.30. The fourth-order valence-electron chi connectivity index (χ4n) is 2.52. The Morgan fingerprint density at radius 3 is 2.35 bits per heavy atom. The Balaban J connectivity index is 1.72. The summed E-state index contributed by atoms with van der Waals surface area (Å²) in [7, 11) is 1.62. The smallest absolute Gasteiger partial charge is 0.0900 e. The van der Waals surface area contributed by atoms with Crippen molar-refractivity contribution in [1.29, 1.82) is 0 Å². The molecule has 0 saturated carbocycles. The summed E-state index contributed by atoms with van der Waals surface area (Å²) in [6.07, 6.45) is -0.386. The minimum Gasteiger partial charge on any atom is -0.389 e. The molecule has 0 bridgehead atoms. The molecule has 4 nitrogen and oxygen atoms in total. The lowest BCUT2D eigenvalue weighted by atomic mass is 10.2. The molecule has 1 aliphatic rings. The number of piperazine rings is 1. The highest BCUT2D eigenvalue weighted by Gasteiger charge is 2.19. The Kier molecular flexibility index (Phi) is 6.26. The first-order chi connectivity index (χ1) is 9.67. The lowest BCUT2D eigenvalue weighted by Crippen LogP contribution is -2.48. The Hall–Kier alpha value is -0.650. The van der Waals surface area contributed by atoms with Crippen molar-refractivity contribution < 1.29 is 9.84 Å². The zero-order valence-electron chi connectivity index (χ0n) is 12.0. The molecule has 1 unspecified atom stereocenters. The van der Waals surface area contributed by atoms with Crippen molar-refractivity contribution in [2.45, 2.75) is 12.6 Å². The van der Waals surface area contributed by atoms with Crippen LogP contribution in [0.5, 0.6) is 0 Å². The summed E-state index contributed by atoms with van der Waals surface area (Å²) in [4.78, 5) is 4.73. The Labute approximate surface area is 125 Å². The molecule has 1 atom stereocenters. The van der Waals surface area contributed by atoms with Crippen LogP contribution in [0, 0.1) is 0 Å². The van der Waals surface area contributed by atoms with Crippen LogP contribution < -0.4 is 0 Å². The van der Waals surface area contributed by atoms with Gasteiger partial charge in [-0.3, -0.25) is 9.80 Å². The Morgan fingerprint density at radius 2 is 1.75 bits per heavy atom. The van der Waals surface area contributed by atoms with Gasteiger partial charge in [0.25, 0.3) is 0 Å². The Morgan fingerprint density at radius 1 is 1.15 bits per heavy atom. The van der Waals surface area contributed by atoms with E-state index in [1.165, 1.54) is 5.56 Å². The highest BCUT2D eigenvalue weighted by atomic mass is 35.5. The van der Waals surface area contributed by atoms with Gasteiger partial charge in [-0.1, -0.05) is 23.7 Å². The van der Waals surface area contributed by atoms with Gasteiger partial charge in [-0.05, 0) is 17.7 Å². The Bertz CT molecular complexity index is 391. The van der Waals surface area contributed by atoms with Gasteiger partial charge in [0.15, 0.2) is 0 Å². The van der Waals surface area contributed by atoms with Gasteiger partial charge < -0.3 is 9.84 Å². The summed E-state index contributed by atoms with van der Waals surface area (Å²) in [5.74, 6) is 0. The average molecular weight is 299 g/mol. The number of β-amino-alcohol motifs (C(OH)–C–C–N with tert-alkyl or cyclic N) is 1. The van der Waals surface area contributed by atoms with Crippen molar-refractivity contribution in [3.8, 4) is 0 Å². The van der Waals surface area contributed by atoms with Gasteiger partial charge in [0.1, 0.15) is 0 Å². The molecule has 0 amide bonds. The molecule has 1 aromatic carbocycles. The molecule has 2 rings (SSSR count). The summed E-state index contributed by atoms with van der Waals surface area (Å²) in [6, 6.07) is 8.04. The van der Waals surface area contributed by atoms with Crippen molar-refractivity contribution in [3.05, 3.63) is 34.9 Å². The van der Waals surface area contributed by atoms with Gasteiger partial charge in [0.2, 0.25) is 0 Å². The molecule has 1 heterocycles. The van der Waals surface area contributed by atoms with E-state index in [4.69, 9.17) is 16.3 Å². The predicted molar refractivity (Wildman–Crippen MR) is 81.1 cm³/mol. The van der Waals surface area contributed by atoms with E-state index < -0.39 is 0 Å². The molecule has 0 radical (unpaired) electrons. The summed E-state index contributed by atoms with van der Waals surface area (Å²) in [5.41, 5.74) is 1.29. The quantitative estimate of drug-likeness (QED) is 0.863. The zero-order chi connectivity index (χ0) is 14.4. The largest absolute Gasteiger partial charge is 0.389 e. The van der Waals surface area contributed by atoms with Crippen LogP contribution in [0.1, 0.15) is 5.56 Å². The van der Waals surface area contributed by atoms with Crippen molar-refractivity contribution >= 4 is 11.6 Å². The van der Waals surface area contributed by atoms with Crippen LogP contribution in [-0.2, 0) is 11.3 Å². The second kappa shape index (κ2) is 7.96. The number of aliphatic hydroxyl groups excluding tert-OH is 1. The monoisotopic (exact) mass is 298 g/mol. The number of halogens is 1. The van der Waals surface area contributed by atoms with E-state index in [-0.39, 0.29) is 6.10 Å². The van der Waals surface area contributed by atoms with E-state index in [2.05, 4.69) is 21.9 Å². The van der Waals surface area contributed by atoms with Crippen molar-refractivity contribution in [2.24, 2.45) is 0 Å². The van der Waals surface area contributed by atoms with Crippen molar-refractivity contribution in [1.82, 2.24) is 9.80 Å². The van der Waals surface area contributed by atoms with Gasteiger partial charge in [-0.25, -0.2) is 0 Å². The number of benzene rings is 1. The number of nitrogens with zero attached hydrogens (tertiary/aromatic N) is 2. The minimum atomic E-state index is -0.386. The van der Waals surface area contributed by atoms with E-state index >= 15 is 0 Å². The first-order valence-electron chi connectivity index (χ1n) is 7.03. The summed E-state index contributed by atoms with van der Waals surface area (Å²) in [6.45, 7) is 6.12. The maximum atomic E-state index is 9.74. The fraction of sp³-hybridized carbons (Fsp3) is 0.600. The highest BCUT2D eigenvalue weighted by Crippen LogP contribution is 2.13. The maximum absolute atomic E-state index is 9.74. The number of hydrogen-bond acceptors (Lipinski definition) is 4. The second-order valence-electron chi connectivity index (χ2n) is 5.31. The van der Waals surface area contributed by atoms with Crippen molar-refractivity contribution in [2.75, 3.05) is 46.4 Å². The van der Waals surface area contributed by atoms with E-state index in [0.717, 1.165) is 37.7 Å². The molecule has 1 N–H and O–H groups in total. The van der Waals surface area contributed by atoms with E-state index in [9.17, 15) is 5.11 Å². The molecule has 1 fully saturated rings. The van der Waals surface area contributed by atoms with Crippen LogP contribution >= 0.6 is 11.6 Å². The molecular weight excluding hydrogens is 276 g/mol. The molecular formula is C15H23ClN2O2. The first-order valence-corrected chi connectivity index (χ1v) is 7.41. The fourth-order valence-corrected chi connectivity index (χ4v) is 2.65. The normalized spacial score (nSPS) is 19.1. The number of hydrogen-bond donors (Lipinski definition) is 1. The average Bonchev–Trinajstić information content (AvgIpc) is 2.44. The van der Waals surface area contributed by atoms with Gasteiger partial charge in [-0.15, -0.1) is 0 Å². The van der Waals surface area contributed by atoms with Crippen molar-refractivity contribution in [3.63, 3.8) is 0 Å². The van der Waals surface area contributed by atoms with Crippen LogP contribution in [0.3, 0.4) is 0 Å². The van der Waals surface area contributed by atoms with Crippen LogP contribution in [0.2, 0.25) is 5.02 Å². The topological polar surface area (TPSA) is 35.9 Å². The molecule has 112 valence electrons. The number of methoxy groups -OCH3 is 1. The van der Waals surface area contributed by atoms with Crippen LogP contribution in [0.15, 0.2) is 24.3 Å². The molecule has 1 aliphatic heterocycles.